The van der Waals surface area contributed by atoms with Crippen molar-refractivity contribution in [2.75, 3.05) is 66.4 Å². The van der Waals surface area contributed by atoms with Gasteiger partial charge < -0.3 is 30.3 Å². The molecule has 4 aliphatic rings. The van der Waals surface area contributed by atoms with Crippen LogP contribution in [0, 0.1) is 29.1 Å². The fraction of sp³-hybridized carbons (Fsp3) is 0.622. The largest absolute Gasteiger partial charge is 0.496 e. The van der Waals surface area contributed by atoms with E-state index in [2.05, 4.69) is 42.4 Å². The number of nitrogens with zero attached hydrogens (tertiary/aromatic N) is 3. The van der Waals surface area contributed by atoms with Gasteiger partial charge >= 0.3 is 0 Å². The van der Waals surface area contributed by atoms with Gasteiger partial charge in [-0.15, -0.1) is 0 Å². The topological polar surface area (TPSA) is 97.4 Å². The molecule has 0 radical (unpaired) electrons. The fourth-order valence-electron chi connectivity index (χ4n) is 8.33. The Labute approximate surface area is 275 Å². The third-order valence-corrected chi connectivity index (χ3v) is 11.3. The summed E-state index contributed by atoms with van der Waals surface area (Å²) in [5.74, 6) is 2.29. The summed E-state index contributed by atoms with van der Waals surface area (Å²) in [6, 6.07) is 11.8. The molecular weight excluding hydrogens is 578 g/mol. The van der Waals surface area contributed by atoms with Crippen LogP contribution in [-0.4, -0.2) is 100 Å². The van der Waals surface area contributed by atoms with Crippen LogP contribution in [0.1, 0.15) is 56.0 Å². The van der Waals surface area contributed by atoms with E-state index in [0.717, 1.165) is 54.1 Å². The Morgan fingerprint density at radius 3 is 2.50 bits per heavy atom. The van der Waals surface area contributed by atoms with Gasteiger partial charge in [0.05, 0.1) is 13.2 Å². The summed E-state index contributed by atoms with van der Waals surface area (Å²) in [7, 11) is 9.58. The number of para-hydroxylation sites is 1. The quantitative estimate of drug-likeness (QED) is 0.324. The van der Waals surface area contributed by atoms with Crippen molar-refractivity contribution in [1.82, 2.24) is 20.4 Å². The average molecular weight is 634 g/mol. The van der Waals surface area contributed by atoms with E-state index in [4.69, 9.17) is 4.74 Å². The Balaban J connectivity index is 1.38. The molecule has 6 rings (SSSR count). The van der Waals surface area contributed by atoms with E-state index in [1.165, 1.54) is 6.42 Å². The van der Waals surface area contributed by atoms with Crippen LogP contribution in [0.5, 0.6) is 5.75 Å². The van der Waals surface area contributed by atoms with Gasteiger partial charge in [0.25, 0.3) is 5.91 Å². The van der Waals surface area contributed by atoms with Crippen molar-refractivity contribution in [3.63, 3.8) is 0 Å². The lowest BCUT2D eigenvalue weighted by Gasteiger charge is -2.62. The molecule has 4 unspecified atom stereocenters. The number of methoxy groups -OCH3 is 1. The van der Waals surface area contributed by atoms with Gasteiger partial charge in [-0.25, -0.2) is 0 Å². The first kappa shape index (κ1) is 34.2. The summed E-state index contributed by atoms with van der Waals surface area (Å²) in [4.78, 5) is 33.3. The lowest BCUT2D eigenvalue weighted by atomic mass is 9.45. The molecule has 252 valence electrons. The van der Waals surface area contributed by atoms with Gasteiger partial charge in [0.15, 0.2) is 0 Å². The molecular formula is C37H55N5O4. The van der Waals surface area contributed by atoms with E-state index in [1.54, 1.807) is 7.11 Å². The van der Waals surface area contributed by atoms with E-state index in [1.807, 2.05) is 68.3 Å². The van der Waals surface area contributed by atoms with Crippen molar-refractivity contribution in [1.29, 1.82) is 0 Å². The van der Waals surface area contributed by atoms with Gasteiger partial charge in [-0.05, 0) is 86.8 Å². The smallest absolute Gasteiger partial charge is 0.251 e. The molecule has 2 bridgehead atoms. The molecule has 2 amide bonds. The van der Waals surface area contributed by atoms with Crippen molar-refractivity contribution in [2.24, 2.45) is 29.1 Å². The van der Waals surface area contributed by atoms with E-state index < -0.39 is 6.04 Å². The number of rotatable bonds is 12. The number of nitrogens with one attached hydrogen (secondary N) is 2. The number of carbonyl (C=O) groups is 2. The number of anilines is 1. The highest BCUT2D eigenvalue weighted by molar-refractivity contribution is 5.97. The third kappa shape index (κ3) is 6.78. The number of ether oxygens (including phenoxy) is 1. The molecule has 0 spiro atoms. The number of likely N-dealkylation sites (N-methyl/N-ethyl adjacent to an activating group) is 1. The number of hydrogen-bond acceptors (Lipinski definition) is 7. The van der Waals surface area contributed by atoms with Crippen LogP contribution in [0.2, 0.25) is 0 Å². The molecule has 9 nitrogen and oxygen atoms in total. The normalized spacial score (nSPS) is 26.8. The summed E-state index contributed by atoms with van der Waals surface area (Å²) in [5.41, 5.74) is 4.62. The van der Waals surface area contributed by atoms with E-state index in [0.29, 0.717) is 41.8 Å². The van der Waals surface area contributed by atoms with E-state index in [-0.39, 0.29) is 30.4 Å². The van der Waals surface area contributed by atoms with Gasteiger partial charge in [0.1, 0.15) is 5.75 Å². The number of benzene rings is 2. The van der Waals surface area contributed by atoms with Crippen LogP contribution in [0.4, 0.5) is 5.69 Å². The number of aliphatic hydroxyl groups is 1. The molecule has 1 heterocycles. The minimum atomic E-state index is -0.397. The summed E-state index contributed by atoms with van der Waals surface area (Å²) in [6.07, 6.45) is 3.07. The second kappa shape index (κ2) is 13.9. The van der Waals surface area contributed by atoms with E-state index in [9.17, 15) is 14.7 Å². The molecule has 4 fully saturated rings. The number of hydrogen-bond donors (Lipinski definition) is 3. The van der Waals surface area contributed by atoms with Crippen LogP contribution in [0.15, 0.2) is 36.4 Å². The fourth-order valence-corrected chi connectivity index (χ4v) is 8.33. The first-order valence-corrected chi connectivity index (χ1v) is 16.9. The molecule has 46 heavy (non-hydrogen) atoms. The first-order chi connectivity index (χ1) is 21.8. The summed E-state index contributed by atoms with van der Waals surface area (Å²) >= 11 is 0. The minimum Gasteiger partial charge on any atom is -0.496 e. The molecule has 2 aromatic carbocycles. The van der Waals surface area contributed by atoms with Crippen molar-refractivity contribution < 1.29 is 19.4 Å². The molecule has 6 atom stereocenters. The van der Waals surface area contributed by atoms with Gasteiger partial charge in [0, 0.05) is 74.7 Å². The Bertz CT molecular complexity index is 1410. The lowest BCUT2D eigenvalue weighted by Crippen LogP contribution is -2.62. The van der Waals surface area contributed by atoms with Gasteiger partial charge in [-0.1, -0.05) is 39.0 Å². The van der Waals surface area contributed by atoms with E-state index >= 15 is 0 Å². The molecule has 3 N–H and O–H groups in total. The highest BCUT2D eigenvalue weighted by Gasteiger charge is 2.56. The monoisotopic (exact) mass is 633 g/mol. The first-order valence-electron chi connectivity index (χ1n) is 16.9. The van der Waals surface area contributed by atoms with Crippen LogP contribution in [-0.2, 0) is 11.3 Å². The predicted octanol–water partition coefficient (Wildman–Crippen LogP) is 4.09. The summed E-state index contributed by atoms with van der Waals surface area (Å²) in [5, 5.41) is 16.8. The van der Waals surface area contributed by atoms with Crippen molar-refractivity contribution in [3.8, 4) is 16.9 Å². The van der Waals surface area contributed by atoms with Gasteiger partial charge in [0.2, 0.25) is 5.91 Å². The molecule has 0 aromatic heterocycles. The zero-order chi connectivity index (χ0) is 33.3. The maximum Gasteiger partial charge on any atom is 0.251 e. The Morgan fingerprint density at radius 2 is 1.87 bits per heavy atom. The van der Waals surface area contributed by atoms with Crippen molar-refractivity contribution in [3.05, 3.63) is 47.5 Å². The number of fused-ring (bicyclic) bond motifs is 2. The highest BCUT2D eigenvalue weighted by Crippen LogP contribution is 2.61. The molecule has 1 saturated heterocycles. The van der Waals surface area contributed by atoms with Crippen molar-refractivity contribution in [2.45, 2.75) is 58.7 Å². The zero-order valence-corrected chi connectivity index (χ0v) is 29.1. The van der Waals surface area contributed by atoms with Gasteiger partial charge in [-0.3, -0.25) is 14.5 Å². The predicted molar refractivity (Wildman–Crippen MR) is 184 cm³/mol. The molecule has 3 aliphatic carbocycles. The maximum atomic E-state index is 13.9. The number of aliphatic hydroxyl groups excluding tert-OH is 1. The SMILES string of the molecule is COc1c(CN2CCC(CO)[C@H]2C(=O)N[C@H]2CC3CC(C2C)C3(C)C)cccc1-c1cc(C(=O)NCCN(C)C)cc(N(C)C)c1. The Kier molecular flexibility index (Phi) is 10.3. The number of likely N-dealkylation sites (tertiary alicyclic amines) is 1. The molecule has 2 aromatic rings. The highest BCUT2D eigenvalue weighted by atomic mass is 16.5. The average Bonchev–Trinajstić information content (AvgIpc) is 3.43. The van der Waals surface area contributed by atoms with Gasteiger partial charge in [-0.2, -0.15) is 0 Å². The maximum absolute atomic E-state index is 13.9. The van der Waals surface area contributed by atoms with Crippen LogP contribution < -0.4 is 20.3 Å². The Morgan fingerprint density at radius 1 is 1.11 bits per heavy atom. The van der Waals surface area contributed by atoms with Crippen LogP contribution in [0.25, 0.3) is 11.1 Å². The number of amides is 2. The minimum absolute atomic E-state index is 0.0129. The lowest BCUT2D eigenvalue weighted by molar-refractivity contribution is -0.138. The van der Waals surface area contributed by atoms with Crippen LogP contribution >= 0.6 is 0 Å². The summed E-state index contributed by atoms with van der Waals surface area (Å²) in [6.45, 7) is 9.60. The third-order valence-electron chi connectivity index (χ3n) is 11.3. The van der Waals surface area contributed by atoms with Crippen LogP contribution in [0.3, 0.4) is 0 Å². The molecule has 3 saturated carbocycles. The molecule has 9 heteroatoms. The second-order valence-corrected chi connectivity index (χ2v) is 14.9. The summed E-state index contributed by atoms with van der Waals surface area (Å²) < 4.78 is 6.06. The second-order valence-electron chi connectivity index (χ2n) is 14.9. The zero-order valence-electron chi connectivity index (χ0n) is 29.1. The standard InChI is InChI=1S/C37H55N5O4/c1-23-31-19-28(37(31,2)3)20-32(23)39-36(45)33-25(22-43)12-14-42(33)21-24-10-9-11-30(34(24)46-8)26-16-27(18-29(17-26)41(6)7)35(44)38-13-15-40(4)5/h9-11,16-18,23,25,28,31-33,43H,12-15,19-22H2,1-8H3,(H,38,44)(H,39,45)/t23?,25?,28?,31?,32-,33-/m0/s1. The number of carbonyl (C=O) groups excluding carboxylic acids is 2. The van der Waals surface area contributed by atoms with Crippen molar-refractivity contribution >= 4 is 17.5 Å². The molecule has 1 aliphatic heterocycles. The Hall–Kier alpha value is -3.14.